The quantitative estimate of drug-likeness (QED) is 0.216. The van der Waals surface area contributed by atoms with Crippen molar-refractivity contribution in [2.75, 3.05) is 25.3 Å². The Labute approximate surface area is 224 Å². The number of benzene rings is 2. The van der Waals surface area contributed by atoms with Crippen molar-refractivity contribution in [3.8, 4) is 34.5 Å². The van der Waals surface area contributed by atoms with Gasteiger partial charge in [0, 0.05) is 41.1 Å². The molecule has 0 saturated carbocycles. The van der Waals surface area contributed by atoms with Gasteiger partial charge in [-0.15, -0.1) is 0 Å². The topological polar surface area (TPSA) is 116 Å². The third-order valence-electron chi connectivity index (χ3n) is 6.08. The molecule has 194 valence electrons. The van der Waals surface area contributed by atoms with E-state index >= 15 is 0 Å². The van der Waals surface area contributed by atoms with Crippen LogP contribution < -0.4 is 19.5 Å². The summed E-state index contributed by atoms with van der Waals surface area (Å²) >= 11 is 1.30. The number of hydrogen-bond donors (Lipinski definition) is 2. The van der Waals surface area contributed by atoms with Gasteiger partial charge in [-0.05, 0) is 31.2 Å². The highest BCUT2D eigenvalue weighted by atomic mass is 32.2. The lowest BCUT2D eigenvalue weighted by molar-refractivity contribution is -0.113. The second-order valence-corrected chi connectivity index (χ2v) is 9.51. The van der Waals surface area contributed by atoms with Gasteiger partial charge in [-0.3, -0.25) is 9.78 Å². The molecule has 0 atom stereocenters. The number of nitrogens with one attached hydrogen (secondary N) is 1. The molecule has 2 N–H and O–H groups in total. The SMILES string of the molecule is COc1cccc(NC(=O)CSc2nc(-c3cccc(OC)c3)nc3c2Cc2c(CO)cnc(C)c2O3)c1. The summed E-state index contributed by atoms with van der Waals surface area (Å²) in [7, 11) is 3.18. The maximum absolute atomic E-state index is 12.8. The Morgan fingerprint density at radius 2 is 1.84 bits per heavy atom. The molecule has 0 bridgehead atoms. The molecule has 0 saturated heterocycles. The molecule has 3 heterocycles. The Balaban J connectivity index is 1.49. The standard InChI is InChI=1S/C28H26N4O5S/c1-16-25-22(18(14-33)13-29-16)12-23-27(37-25)31-26(17-6-4-8-20(10-17)35-2)32-28(23)38-15-24(34)30-19-7-5-9-21(11-19)36-3/h4-11,13,33H,12,14-15H2,1-3H3,(H,30,34). The molecule has 2 aromatic carbocycles. The van der Waals surface area contributed by atoms with Crippen LogP contribution in [0.25, 0.3) is 11.4 Å². The Kier molecular flexibility index (Phi) is 7.43. The lowest BCUT2D eigenvalue weighted by Gasteiger charge is -2.24. The zero-order chi connectivity index (χ0) is 26.6. The third kappa shape index (κ3) is 5.27. The number of thioether (sulfide) groups is 1. The Bertz CT molecular complexity index is 1510. The number of aryl methyl sites for hydroxylation is 1. The first-order valence-electron chi connectivity index (χ1n) is 11.9. The van der Waals surface area contributed by atoms with E-state index in [1.807, 2.05) is 43.3 Å². The summed E-state index contributed by atoms with van der Waals surface area (Å²) in [5.74, 6) is 2.70. The lowest BCUT2D eigenvalue weighted by atomic mass is 9.99. The van der Waals surface area contributed by atoms with Gasteiger partial charge in [0.1, 0.15) is 16.5 Å². The molecule has 2 aromatic heterocycles. The molecule has 38 heavy (non-hydrogen) atoms. The van der Waals surface area contributed by atoms with Gasteiger partial charge in [-0.25, -0.2) is 4.98 Å². The van der Waals surface area contributed by atoms with Gasteiger partial charge in [0.05, 0.1) is 37.8 Å². The van der Waals surface area contributed by atoms with Gasteiger partial charge in [0.15, 0.2) is 11.6 Å². The summed E-state index contributed by atoms with van der Waals surface area (Å²) in [6.07, 6.45) is 2.10. The van der Waals surface area contributed by atoms with Crippen molar-refractivity contribution in [1.82, 2.24) is 15.0 Å². The van der Waals surface area contributed by atoms with Crippen LogP contribution in [-0.2, 0) is 17.8 Å². The number of nitrogens with zero attached hydrogens (tertiary/aromatic N) is 3. The number of methoxy groups -OCH3 is 2. The van der Waals surface area contributed by atoms with Crippen LogP contribution in [0.3, 0.4) is 0 Å². The second-order valence-electron chi connectivity index (χ2n) is 8.55. The molecule has 0 radical (unpaired) electrons. The number of aliphatic hydroxyl groups is 1. The molecule has 4 aromatic rings. The number of hydrogen-bond acceptors (Lipinski definition) is 9. The van der Waals surface area contributed by atoms with E-state index in [4.69, 9.17) is 24.2 Å². The first kappa shape index (κ1) is 25.5. The van der Waals surface area contributed by atoms with E-state index in [2.05, 4.69) is 10.3 Å². The largest absolute Gasteiger partial charge is 0.497 e. The van der Waals surface area contributed by atoms with Crippen molar-refractivity contribution in [3.05, 3.63) is 77.1 Å². The maximum Gasteiger partial charge on any atom is 0.234 e. The van der Waals surface area contributed by atoms with E-state index in [-0.39, 0.29) is 18.3 Å². The lowest BCUT2D eigenvalue weighted by Crippen LogP contribution is -2.16. The van der Waals surface area contributed by atoms with Gasteiger partial charge in [0.2, 0.25) is 11.8 Å². The van der Waals surface area contributed by atoms with Gasteiger partial charge in [-0.1, -0.05) is 30.0 Å². The van der Waals surface area contributed by atoms with Crippen molar-refractivity contribution in [2.24, 2.45) is 0 Å². The van der Waals surface area contributed by atoms with Gasteiger partial charge in [0.25, 0.3) is 0 Å². The number of pyridine rings is 1. The minimum atomic E-state index is -0.188. The molecule has 0 fully saturated rings. The fourth-order valence-corrected chi connectivity index (χ4v) is 4.96. The summed E-state index contributed by atoms with van der Waals surface area (Å²) in [4.78, 5) is 26.7. The first-order valence-corrected chi connectivity index (χ1v) is 12.9. The zero-order valence-electron chi connectivity index (χ0n) is 21.1. The molecule has 1 aliphatic rings. The fraction of sp³-hybridized carbons (Fsp3) is 0.214. The summed E-state index contributed by atoms with van der Waals surface area (Å²) in [5, 5.41) is 13.4. The van der Waals surface area contributed by atoms with Gasteiger partial charge >= 0.3 is 0 Å². The van der Waals surface area contributed by atoms with Gasteiger partial charge in [-0.2, -0.15) is 4.98 Å². The number of carbonyl (C=O) groups is 1. The first-order chi connectivity index (χ1) is 18.5. The Morgan fingerprint density at radius 3 is 2.61 bits per heavy atom. The monoisotopic (exact) mass is 530 g/mol. The second kappa shape index (κ2) is 11.1. The van der Waals surface area contributed by atoms with E-state index in [1.165, 1.54) is 11.8 Å². The third-order valence-corrected chi connectivity index (χ3v) is 7.10. The van der Waals surface area contributed by atoms with Crippen LogP contribution in [0.15, 0.2) is 59.8 Å². The van der Waals surface area contributed by atoms with E-state index in [1.54, 1.807) is 32.5 Å². The van der Waals surface area contributed by atoms with E-state index in [9.17, 15) is 9.90 Å². The minimum Gasteiger partial charge on any atom is -0.497 e. The molecule has 1 aliphatic heterocycles. The van der Waals surface area contributed by atoms with E-state index in [0.29, 0.717) is 57.3 Å². The Hall–Kier alpha value is -4.15. The number of ether oxygens (including phenoxy) is 3. The minimum absolute atomic E-state index is 0.118. The van der Waals surface area contributed by atoms with Crippen LogP contribution in [0, 0.1) is 6.92 Å². The van der Waals surface area contributed by atoms with Crippen LogP contribution in [0.2, 0.25) is 0 Å². The number of fused-ring (bicyclic) bond motifs is 2. The van der Waals surface area contributed by atoms with Crippen LogP contribution in [0.5, 0.6) is 23.1 Å². The molecule has 0 spiro atoms. The predicted molar refractivity (Wildman–Crippen MR) is 144 cm³/mol. The number of rotatable bonds is 8. The summed E-state index contributed by atoms with van der Waals surface area (Å²) in [6, 6.07) is 14.6. The van der Waals surface area contributed by atoms with Crippen LogP contribution in [0.4, 0.5) is 5.69 Å². The fourth-order valence-electron chi connectivity index (χ4n) is 4.14. The Morgan fingerprint density at radius 1 is 1.08 bits per heavy atom. The molecule has 5 rings (SSSR count). The highest BCUT2D eigenvalue weighted by molar-refractivity contribution is 8.00. The van der Waals surface area contributed by atoms with Gasteiger partial charge < -0.3 is 24.6 Å². The van der Waals surface area contributed by atoms with Crippen molar-refractivity contribution in [3.63, 3.8) is 0 Å². The molecule has 9 nitrogen and oxygen atoms in total. The molecule has 0 unspecified atom stereocenters. The van der Waals surface area contributed by atoms with E-state index in [0.717, 1.165) is 16.7 Å². The predicted octanol–water partition coefficient (Wildman–Crippen LogP) is 4.78. The van der Waals surface area contributed by atoms with E-state index < -0.39 is 0 Å². The van der Waals surface area contributed by atoms with Crippen molar-refractivity contribution in [2.45, 2.75) is 25.0 Å². The molecule has 0 aliphatic carbocycles. The summed E-state index contributed by atoms with van der Waals surface area (Å²) < 4.78 is 16.9. The van der Waals surface area contributed by atoms with Crippen LogP contribution >= 0.6 is 11.8 Å². The average molecular weight is 531 g/mol. The zero-order valence-corrected chi connectivity index (χ0v) is 22.0. The molecule has 10 heteroatoms. The van der Waals surface area contributed by atoms with Crippen LogP contribution in [-0.4, -0.2) is 45.9 Å². The molecular formula is C28H26N4O5S. The number of amides is 1. The maximum atomic E-state index is 12.8. The highest BCUT2D eigenvalue weighted by Gasteiger charge is 2.28. The summed E-state index contributed by atoms with van der Waals surface area (Å²) in [6.45, 7) is 1.69. The number of carbonyl (C=O) groups excluding carboxylic acids is 1. The number of aromatic nitrogens is 3. The average Bonchev–Trinajstić information content (AvgIpc) is 2.95. The molecular weight excluding hydrogens is 504 g/mol. The highest BCUT2D eigenvalue weighted by Crippen LogP contribution is 2.42. The van der Waals surface area contributed by atoms with Crippen molar-refractivity contribution in [1.29, 1.82) is 0 Å². The van der Waals surface area contributed by atoms with Crippen molar-refractivity contribution >= 4 is 23.4 Å². The normalized spacial score (nSPS) is 11.7. The van der Waals surface area contributed by atoms with Crippen LogP contribution in [0.1, 0.15) is 22.4 Å². The number of anilines is 1. The molecule has 1 amide bonds. The van der Waals surface area contributed by atoms with Crippen molar-refractivity contribution < 1.29 is 24.1 Å². The number of aliphatic hydroxyl groups excluding tert-OH is 1. The summed E-state index contributed by atoms with van der Waals surface area (Å²) in [5.41, 5.74) is 4.38. The smallest absolute Gasteiger partial charge is 0.234 e.